The number of anilines is 1. The molecular formula is C19H21ClN6O. The van der Waals surface area contributed by atoms with E-state index < -0.39 is 0 Å². The summed E-state index contributed by atoms with van der Waals surface area (Å²) >= 11 is 6.38. The molecule has 4 N–H and O–H groups in total. The van der Waals surface area contributed by atoms with Crippen molar-refractivity contribution in [2.45, 2.75) is 18.9 Å². The molecule has 1 amide bonds. The number of hydrogen-bond acceptors (Lipinski definition) is 5. The van der Waals surface area contributed by atoms with Gasteiger partial charge in [0.2, 0.25) is 11.9 Å². The normalized spacial score (nSPS) is 15.3. The molecule has 3 heterocycles. The molecule has 3 aromatic rings. The van der Waals surface area contributed by atoms with Crippen LogP contribution >= 0.6 is 11.6 Å². The van der Waals surface area contributed by atoms with Crippen LogP contribution < -0.4 is 11.1 Å². The fraction of sp³-hybridized carbons (Fsp3) is 0.316. The summed E-state index contributed by atoms with van der Waals surface area (Å²) in [5, 5.41) is 4.95. The van der Waals surface area contributed by atoms with Gasteiger partial charge in [0.15, 0.2) is 0 Å². The average molecular weight is 385 g/mol. The van der Waals surface area contributed by atoms with Crippen LogP contribution in [0.2, 0.25) is 5.02 Å². The van der Waals surface area contributed by atoms with E-state index in [-0.39, 0.29) is 18.5 Å². The van der Waals surface area contributed by atoms with E-state index in [0.29, 0.717) is 29.8 Å². The van der Waals surface area contributed by atoms with E-state index in [1.54, 1.807) is 11.1 Å². The van der Waals surface area contributed by atoms with Crippen molar-refractivity contribution in [1.82, 2.24) is 19.9 Å². The maximum Gasteiger partial charge on any atom is 0.236 e. The van der Waals surface area contributed by atoms with Crippen molar-refractivity contribution < 1.29 is 4.79 Å². The minimum Gasteiger partial charge on any atom is -0.360 e. The zero-order valence-corrected chi connectivity index (χ0v) is 15.5. The maximum absolute atomic E-state index is 11.7. The first kappa shape index (κ1) is 17.8. The third kappa shape index (κ3) is 3.61. The monoisotopic (exact) mass is 384 g/mol. The highest BCUT2D eigenvalue weighted by molar-refractivity contribution is 6.33. The quantitative estimate of drug-likeness (QED) is 0.642. The van der Waals surface area contributed by atoms with Gasteiger partial charge in [0.1, 0.15) is 0 Å². The lowest BCUT2D eigenvalue weighted by atomic mass is 10.1. The predicted octanol–water partition coefficient (Wildman–Crippen LogP) is 2.64. The Bertz CT molecular complexity index is 964. The van der Waals surface area contributed by atoms with Crippen molar-refractivity contribution in [3.63, 3.8) is 0 Å². The number of nitrogens with two attached hydrogens (primary N) is 1. The standard InChI is InChI=1S/C19H21ClN6O/c20-15-11-23-19(24-12-5-7-26(8-6-12)17(27)9-21)25-18(15)14-10-22-16-4-2-1-3-13(14)16/h1-4,10-12,22H,5-9,21H2,(H,23,24,25). The van der Waals surface area contributed by atoms with E-state index in [0.717, 1.165) is 29.3 Å². The summed E-state index contributed by atoms with van der Waals surface area (Å²) in [5.74, 6) is 0.543. The van der Waals surface area contributed by atoms with Gasteiger partial charge in [-0.3, -0.25) is 4.79 Å². The van der Waals surface area contributed by atoms with Gasteiger partial charge < -0.3 is 20.9 Å². The molecule has 1 aliphatic heterocycles. The molecule has 140 valence electrons. The Labute approximate surface area is 161 Å². The largest absolute Gasteiger partial charge is 0.360 e. The minimum absolute atomic E-state index is 0.00202. The summed E-state index contributed by atoms with van der Waals surface area (Å²) in [6, 6.07) is 8.24. The molecule has 1 fully saturated rings. The molecule has 0 unspecified atom stereocenters. The molecule has 0 spiro atoms. The highest BCUT2D eigenvalue weighted by Crippen LogP contribution is 2.32. The fourth-order valence-corrected chi connectivity index (χ4v) is 3.67. The van der Waals surface area contributed by atoms with Crippen molar-refractivity contribution in [3.05, 3.63) is 41.7 Å². The van der Waals surface area contributed by atoms with Crippen LogP contribution in [0.3, 0.4) is 0 Å². The Hall–Kier alpha value is -2.64. The van der Waals surface area contributed by atoms with Crippen molar-refractivity contribution in [1.29, 1.82) is 0 Å². The number of rotatable bonds is 4. The van der Waals surface area contributed by atoms with Gasteiger partial charge >= 0.3 is 0 Å². The number of H-pyrrole nitrogens is 1. The zero-order chi connectivity index (χ0) is 18.8. The minimum atomic E-state index is -0.00202. The molecule has 7 nitrogen and oxygen atoms in total. The van der Waals surface area contributed by atoms with Gasteiger partial charge in [-0.15, -0.1) is 0 Å². The molecule has 2 aromatic heterocycles. The number of piperidine rings is 1. The van der Waals surface area contributed by atoms with Gasteiger partial charge in [-0.05, 0) is 18.9 Å². The summed E-state index contributed by atoms with van der Waals surface area (Å²) in [6.45, 7) is 1.44. The predicted molar refractivity (Wildman–Crippen MR) is 107 cm³/mol. The van der Waals surface area contributed by atoms with Crippen molar-refractivity contribution in [2.24, 2.45) is 5.73 Å². The molecule has 27 heavy (non-hydrogen) atoms. The molecule has 1 saturated heterocycles. The van der Waals surface area contributed by atoms with Crippen LogP contribution in [0, 0.1) is 0 Å². The van der Waals surface area contributed by atoms with Crippen molar-refractivity contribution >= 4 is 34.4 Å². The van der Waals surface area contributed by atoms with E-state index in [1.807, 2.05) is 30.5 Å². The zero-order valence-electron chi connectivity index (χ0n) is 14.8. The van der Waals surface area contributed by atoms with Gasteiger partial charge in [0.25, 0.3) is 0 Å². The second-order valence-electron chi connectivity index (χ2n) is 6.64. The van der Waals surface area contributed by atoms with Crippen LogP contribution in [-0.4, -0.2) is 51.4 Å². The molecule has 1 aliphatic rings. The van der Waals surface area contributed by atoms with Gasteiger partial charge in [-0.1, -0.05) is 29.8 Å². The number of likely N-dealkylation sites (tertiary alicyclic amines) is 1. The Morgan fingerprint density at radius 3 is 2.89 bits per heavy atom. The number of para-hydroxylation sites is 1. The van der Waals surface area contributed by atoms with Crippen molar-refractivity contribution in [2.75, 3.05) is 25.0 Å². The van der Waals surface area contributed by atoms with Crippen LogP contribution in [0.4, 0.5) is 5.95 Å². The Morgan fingerprint density at radius 2 is 2.11 bits per heavy atom. The fourth-order valence-electron chi connectivity index (χ4n) is 3.48. The first-order valence-electron chi connectivity index (χ1n) is 8.99. The SMILES string of the molecule is NCC(=O)N1CCC(Nc2ncc(Cl)c(-c3c[nH]c4ccccc34)n2)CC1. The third-order valence-electron chi connectivity index (χ3n) is 4.94. The number of carbonyl (C=O) groups is 1. The molecule has 0 bridgehead atoms. The van der Waals surface area contributed by atoms with Crippen LogP contribution in [0.1, 0.15) is 12.8 Å². The lowest BCUT2D eigenvalue weighted by molar-refractivity contribution is -0.130. The van der Waals surface area contributed by atoms with Crippen molar-refractivity contribution in [3.8, 4) is 11.3 Å². The number of nitrogens with one attached hydrogen (secondary N) is 2. The number of carbonyl (C=O) groups excluding carboxylic acids is 1. The average Bonchev–Trinajstić information content (AvgIpc) is 3.13. The lowest BCUT2D eigenvalue weighted by Gasteiger charge is -2.32. The number of benzene rings is 1. The van der Waals surface area contributed by atoms with Crippen LogP contribution in [0.5, 0.6) is 0 Å². The Morgan fingerprint density at radius 1 is 1.33 bits per heavy atom. The van der Waals surface area contributed by atoms with E-state index >= 15 is 0 Å². The molecule has 0 atom stereocenters. The summed E-state index contributed by atoms with van der Waals surface area (Å²) in [6.07, 6.45) is 5.21. The maximum atomic E-state index is 11.7. The van der Waals surface area contributed by atoms with Gasteiger partial charge in [-0.2, -0.15) is 0 Å². The molecule has 1 aromatic carbocycles. The highest BCUT2D eigenvalue weighted by Gasteiger charge is 2.23. The number of fused-ring (bicyclic) bond motifs is 1. The molecule has 0 aliphatic carbocycles. The van der Waals surface area contributed by atoms with Gasteiger partial charge in [0.05, 0.1) is 23.5 Å². The van der Waals surface area contributed by atoms with Crippen LogP contribution in [0.25, 0.3) is 22.2 Å². The number of nitrogens with zero attached hydrogens (tertiary/aromatic N) is 3. The second-order valence-corrected chi connectivity index (χ2v) is 7.05. The number of aromatic nitrogens is 3. The first-order valence-corrected chi connectivity index (χ1v) is 9.37. The molecule has 0 radical (unpaired) electrons. The number of halogens is 1. The topological polar surface area (TPSA) is 99.9 Å². The summed E-state index contributed by atoms with van der Waals surface area (Å²) in [5.41, 5.74) is 8.12. The van der Waals surface area contributed by atoms with E-state index in [4.69, 9.17) is 17.3 Å². The van der Waals surface area contributed by atoms with Crippen LogP contribution in [0.15, 0.2) is 36.7 Å². The summed E-state index contributed by atoms with van der Waals surface area (Å²) < 4.78 is 0. The number of amides is 1. The van der Waals surface area contributed by atoms with Crippen LogP contribution in [-0.2, 0) is 4.79 Å². The number of hydrogen-bond donors (Lipinski definition) is 3. The van der Waals surface area contributed by atoms with Gasteiger partial charge in [-0.25, -0.2) is 9.97 Å². The smallest absolute Gasteiger partial charge is 0.236 e. The third-order valence-corrected chi connectivity index (χ3v) is 5.22. The first-order chi connectivity index (χ1) is 13.2. The molecule has 4 rings (SSSR count). The molecule has 8 heteroatoms. The molecule has 0 saturated carbocycles. The molecular weight excluding hydrogens is 364 g/mol. The number of aromatic amines is 1. The van der Waals surface area contributed by atoms with E-state index in [2.05, 4.69) is 20.3 Å². The highest BCUT2D eigenvalue weighted by atomic mass is 35.5. The van der Waals surface area contributed by atoms with E-state index in [9.17, 15) is 4.79 Å². The Balaban J connectivity index is 1.53. The summed E-state index contributed by atoms with van der Waals surface area (Å²) in [7, 11) is 0. The second kappa shape index (κ2) is 7.54. The summed E-state index contributed by atoms with van der Waals surface area (Å²) in [4.78, 5) is 25.7. The van der Waals surface area contributed by atoms with Gasteiger partial charge in [0, 0.05) is 41.8 Å². The lowest BCUT2D eigenvalue weighted by Crippen LogP contribution is -2.44. The Kier molecular flexibility index (Phi) is 4.96. The van der Waals surface area contributed by atoms with E-state index in [1.165, 1.54) is 0 Å².